The van der Waals surface area contributed by atoms with E-state index in [-0.39, 0.29) is 0 Å². The van der Waals surface area contributed by atoms with Crippen LogP contribution in [0.25, 0.3) is 0 Å². The van der Waals surface area contributed by atoms with Gasteiger partial charge in [-0.3, -0.25) is 0 Å². The monoisotopic (exact) mass is 184 g/mol. The fraction of sp³-hybridized carbons (Fsp3) is 0.667. The summed E-state index contributed by atoms with van der Waals surface area (Å²) in [7, 11) is 2.15. The maximum Gasteiger partial charge on any atom is 0.0121 e. The lowest BCUT2D eigenvalue weighted by atomic mass is 9.94. The predicted molar refractivity (Wildman–Crippen MR) is 56.1 cm³/mol. The Morgan fingerprint density at radius 3 is 2.58 bits per heavy atom. The Morgan fingerprint density at radius 2 is 2.08 bits per heavy atom. The topological polar surface area (TPSA) is 29.3 Å². The minimum Gasteiger partial charge on any atom is -0.402 e. The van der Waals surface area contributed by atoms with Crippen molar-refractivity contribution in [2.24, 2.45) is 11.7 Å². The lowest BCUT2D eigenvalue weighted by molar-refractivity contribution is 0.237. The van der Waals surface area contributed by atoms with Gasteiger partial charge in [-0.15, -0.1) is 0 Å². The maximum absolute atomic E-state index is 5.85. The molecular formula is C9H16N2S. The summed E-state index contributed by atoms with van der Waals surface area (Å²) in [5, 5.41) is 1.60. The van der Waals surface area contributed by atoms with Gasteiger partial charge in [0, 0.05) is 17.0 Å². The van der Waals surface area contributed by atoms with Crippen LogP contribution in [0.15, 0.2) is 11.8 Å². The number of hydrogen-bond donors (Lipinski definition) is 1. The van der Waals surface area contributed by atoms with E-state index in [4.69, 9.17) is 18.0 Å². The Morgan fingerprint density at radius 1 is 1.50 bits per heavy atom. The lowest BCUT2D eigenvalue weighted by Gasteiger charge is -2.28. The van der Waals surface area contributed by atoms with Crippen LogP contribution in [-0.2, 0) is 0 Å². The molecule has 0 amide bonds. The highest BCUT2D eigenvalue weighted by atomic mass is 32.1. The maximum atomic E-state index is 5.85. The van der Waals surface area contributed by atoms with Gasteiger partial charge in [0.15, 0.2) is 0 Å². The van der Waals surface area contributed by atoms with E-state index in [0.29, 0.717) is 5.92 Å². The van der Waals surface area contributed by atoms with Gasteiger partial charge in [-0.25, -0.2) is 0 Å². The van der Waals surface area contributed by atoms with Gasteiger partial charge in [0.2, 0.25) is 0 Å². The van der Waals surface area contributed by atoms with Crippen molar-refractivity contribution in [3.05, 3.63) is 11.8 Å². The smallest absolute Gasteiger partial charge is 0.0121 e. The molecule has 12 heavy (non-hydrogen) atoms. The Hall–Kier alpha value is -0.410. The molecule has 1 aliphatic heterocycles. The molecule has 1 fully saturated rings. The van der Waals surface area contributed by atoms with E-state index in [1.54, 1.807) is 5.37 Å². The van der Waals surface area contributed by atoms with Crippen molar-refractivity contribution in [3.8, 4) is 0 Å². The first-order valence-corrected chi connectivity index (χ1v) is 4.80. The highest BCUT2D eigenvalue weighted by Crippen LogP contribution is 2.20. The average Bonchev–Trinajstić information content (AvgIpc) is 2.06. The molecule has 0 atom stereocenters. The standard InChI is InChI=1S/C9H16N2S/c1-11-5-2-8(3-6-11)9(10)4-7-12/h4,7-8H,2-3,5-6,10H2,1H3/b9-4-. The normalized spacial score (nSPS) is 22.6. The van der Waals surface area contributed by atoms with Crippen LogP contribution in [0.3, 0.4) is 0 Å². The highest BCUT2D eigenvalue weighted by molar-refractivity contribution is 7.79. The second-order valence-corrected chi connectivity index (χ2v) is 3.65. The molecule has 68 valence electrons. The highest BCUT2D eigenvalue weighted by Gasteiger charge is 2.17. The SMILES string of the molecule is CN1CCC(/C(N)=C/C=S)CC1. The van der Waals surface area contributed by atoms with Crippen LogP contribution in [-0.4, -0.2) is 30.4 Å². The van der Waals surface area contributed by atoms with Gasteiger partial charge in [0.25, 0.3) is 0 Å². The number of nitrogens with zero attached hydrogens (tertiary/aromatic N) is 1. The lowest BCUT2D eigenvalue weighted by Crippen LogP contribution is -2.32. The first kappa shape index (κ1) is 9.68. The van der Waals surface area contributed by atoms with Crippen LogP contribution < -0.4 is 5.73 Å². The molecule has 0 aromatic heterocycles. The second kappa shape index (κ2) is 4.58. The third-order valence-electron chi connectivity index (χ3n) is 2.45. The second-order valence-electron chi connectivity index (χ2n) is 3.38. The first-order chi connectivity index (χ1) is 5.74. The zero-order chi connectivity index (χ0) is 8.97. The molecule has 0 saturated carbocycles. The molecule has 0 radical (unpaired) electrons. The summed E-state index contributed by atoms with van der Waals surface area (Å²) in [6.45, 7) is 2.30. The fourth-order valence-electron chi connectivity index (χ4n) is 1.56. The van der Waals surface area contributed by atoms with Gasteiger partial charge in [-0.05, 0) is 39.1 Å². The average molecular weight is 184 g/mol. The molecular weight excluding hydrogens is 168 g/mol. The van der Waals surface area contributed by atoms with Crippen molar-refractivity contribution >= 4 is 17.6 Å². The summed E-state index contributed by atoms with van der Waals surface area (Å²) in [6, 6.07) is 0. The summed E-state index contributed by atoms with van der Waals surface area (Å²) in [4.78, 5) is 2.33. The van der Waals surface area contributed by atoms with Gasteiger partial charge in [0.1, 0.15) is 0 Å². The predicted octanol–water partition coefficient (Wildman–Crippen LogP) is 1.17. The van der Waals surface area contributed by atoms with E-state index in [2.05, 4.69) is 11.9 Å². The molecule has 1 rings (SSSR count). The van der Waals surface area contributed by atoms with Crippen LogP contribution in [0.4, 0.5) is 0 Å². The number of allylic oxidation sites excluding steroid dienone is 2. The van der Waals surface area contributed by atoms with Crippen molar-refractivity contribution in [1.29, 1.82) is 0 Å². The molecule has 0 spiro atoms. The minimum absolute atomic E-state index is 0.556. The van der Waals surface area contributed by atoms with Gasteiger partial charge < -0.3 is 10.6 Å². The summed E-state index contributed by atoms with van der Waals surface area (Å²) in [5.74, 6) is 0.556. The van der Waals surface area contributed by atoms with Crippen LogP contribution in [0, 0.1) is 5.92 Å². The van der Waals surface area contributed by atoms with E-state index in [9.17, 15) is 0 Å². The van der Waals surface area contributed by atoms with Crippen LogP contribution in [0.5, 0.6) is 0 Å². The Balaban J connectivity index is 2.44. The van der Waals surface area contributed by atoms with Gasteiger partial charge >= 0.3 is 0 Å². The molecule has 0 aliphatic carbocycles. The third-order valence-corrected chi connectivity index (χ3v) is 2.59. The van der Waals surface area contributed by atoms with E-state index in [1.165, 1.54) is 12.8 Å². The van der Waals surface area contributed by atoms with E-state index < -0.39 is 0 Å². The molecule has 2 N–H and O–H groups in total. The number of piperidine rings is 1. The Bertz CT molecular complexity index is 181. The Labute approximate surface area is 79.4 Å². The number of thiocarbonyl (C=S) groups is 1. The zero-order valence-electron chi connectivity index (χ0n) is 7.49. The number of hydrogen-bond acceptors (Lipinski definition) is 3. The van der Waals surface area contributed by atoms with Crippen molar-refractivity contribution in [3.63, 3.8) is 0 Å². The summed E-state index contributed by atoms with van der Waals surface area (Å²) in [5.41, 5.74) is 6.81. The zero-order valence-corrected chi connectivity index (χ0v) is 8.31. The van der Waals surface area contributed by atoms with Crippen LogP contribution in [0.2, 0.25) is 0 Å². The summed E-state index contributed by atoms with van der Waals surface area (Å²) < 4.78 is 0. The van der Waals surface area contributed by atoms with Gasteiger partial charge in [-0.1, -0.05) is 12.2 Å². The van der Waals surface area contributed by atoms with E-state index in [0.717, 1.165) is 18.8 Å². The van der Waals surface area contributed by atoms with E-state index in [1.807, 2.05) is 6.08 Å². The summed E-state index contributed by atoms with van der Waals surface area (Å²) >= 11 is 4.73. The van der Waals surface area contributed by atoms with Crippen molar-refractivity contribution in [1.82, 2.24) is 4.90 Å². The van der Waals surface area contributed by atoms with Crippen LogP contribution >= 0.6 is 12.2 Å². The molecule has 0 aromatic rings. The third kappa shape index (κ3) is 2.57. The fourth-order valence-corrected chi connectivity index (χ4v) is 1.71. The largest absolute Gasteiger partial charge is 0.402 e. The molecule has 0 unspecified atom stereocenters. The van der Waals surface area contributed by atoms with E-state index >= 15 is 0 Å². The quantitative estimate of drug-likeness (QED) is 0.516. The van der Waals surface area contributed by atoms with Crippen LogP contribution in [0.1, 0.15) is 12.8 Å². The number of nitrogens with two attached hydrogens (primary N) is 1. The Kier molecular flexibility index (Phi) is 3.69. The van der Waals surface area contributed by atoms with Gasteiger partial charge in [0.05, 0.1) is 0 Å². The number of rotatable bonds is 2. The molecule has 1 aliphatic rings. The molecule has 1 saturated heterocycles. The molecule has 0 aromatic carbocycles. The van der Waals surface area contributed by atoms with Gasteiger partial charge in [-0.2, -0.15) is 0 Å². The van der Waals surface area contributed by atoms with Crippen molar-refractivity contribution in [2.45, 2.75) is 12.8 Å². The molecule has 2 nitrogen and oxygen atoms in total. The van der Waals surface area contributed by atoms with Crippen molar-refractivity contribution in [2.75, 3.05) is 20.1 Å². The van der Waals surface area contributed by atoms with Crippen molar-refractivity contribution < 1.29 is 0 Å². The number of likely N-dealkylation sites (tertiary alicyclic amines) is 1. The molecule has 3 heteroatoms. The first-order valence-electron chi connectivity index (χ1n) is 4.33. The molecule has 1 heterocycles. The molecule has 0 bridgehead atoms. The minimum atomic E-state index is 0.556. The summed E-state index contributed by atoms with van der Waals surface area (Å²) in [6.07, 6.45) is 4.19.